The maximum Gasteiger partial charge on any atom is 0.253 e. The Balaban J connectivity index is 1.61. The van der Waals surface area contributed by atoms with Gasteiger partial charge in [-0.2, -0.15) is 5.26 Å². The minimum Gasteiger partial charge on any atom is -0.505 e. The van der Waals surface area contributed by atoms with E-state index in [0.717, 1.165) is 24.6 Å². The Morgan fingerprint density at radius 3 is 2.64 bits per heavy atom. The number of benzene rings is 2. The summed E-state index contributed by atoms with van der Waals surface area (Å²) in [6.45, 7) is 1.10. The molecule has 2 aromatic carbocycles. The molecule has 1 aliphatic heterocycles. The summed E-state index contributed by atoms with van der Waals surface area (Å²) in [7, 11) is 0. The Morgan fingerprint density at radius 1 is 1.24 bits per heavy atom. The summed E-state index contributed by atoms with van der Waals surface area (Å²) < 4.78 is 13.4. The second kappa shape index (κ2) is 7.22. The number of hydrogen-bond acceptors (Lipinski definition) is 4. The Labute approximate surface area is 145 Å². The third-order valence-corrected chi connectivity index (χ3v) is 4.38. The summed E-state index contributed by atoms with van der Waals surface area (Å²) in [5.74, 6) is -1.50. The van der Waals surface area contributed by atoms with Gasteiger partial charge in [0.25, 0.3) is 5.91 Å². The number of rotatable bonds is 3. The third-order valence-electron chi connectivity index (χ3n) is 4.38. The van der Waals surface area contributed by atoms with Crippen LogP contribution in [0.1, 0.15) is 28.8 Å². The Bertz CT molecular complexity index is 824. The average Bonchev–Trinajstić information content (AvgIpc) is 2.64. The molecule has 2 aromatic rings. The highest BCUT2D eigenvalue weighted by Crippen LogP contribution is 2.22. The van der Waals surface area contributed by atoms with Gasteiger partial charge in [-0.3, -0.25) is 4.79 Å². The first-order valence-corrected chi connectivity index (χ1v) is 8.12. The number of halogens is 1. The van der Waals surface area contributed by atoms with Crippen LogP contribution in [-0.2, 0) is 0 Å². The fourth-order valence-corrected chi connectivity index (χ4v) is 2.98. The fourth-order valence-electron chi connectivity index (χ4n) is 2.98. The molecule has 128 valence electrons. The number of hydrogen-bond donors (Lipinski definition) is 2. The van der Waals surface area contributed by atoms with Crippen LogP contribution in [0.15, 0.2) is 42.5 Å². The molecule has 0 radical (unpaired) electrons. The smallest absolute Gasteiger partial charge is 0.253 e. The van der Waals surface area contributed by atoms with Crippen LogP contribution in [0, 0.1) is 17.1 Å². The van der Waals surface area contributed by atoms with Gasteiger partial charge in [-0.15, -0.1) is 0 Å². The molecule has 6 heteroatoms. The van der Waals surface area contributed by atoms with Gasteiger partial charge in [0.05, 0.1) is 11.3 Å². The number of nitrogens with zero attached hydrogens (tertiary/aromatic N) is 2. The molecule has 0 saturated carbocycles. The summed E-state index contributed by atoms with van der Waals surface area (Å²) in [6, 6.07) is 13.3. The molecule has 0 unspecified atom stereocenters. The number of likely N-dealkylation sites (tertiary alicyclic amines) is 1. The predicted molar refractivity (Wildman–Crippen MR) is 91.8 cm³/mol. The zero-order valence-electron chi connectivity index (χ0n) is 13.6. The van der Waals surface area contributed by atoms with Gasteiger partial charge in [0.1, 0.15) is 6.07 Å². The highest BCUT2D eigenvalue weighted by molar-refractivity contribution is 5.94. The number of anilines is 1. The lowest BCUT2D eigenvalue weighted by Crippen LogP contribution is -2.42. The number of carbonyl (C=O) groups is 1. The summed E-state index contributed by atoms with van der Waals surface area (Å²) in [5.41, 5.74) is 1.63. The molecule has 0 aliphatic carbocycles. The monoisotopic (exact) mass is 339 g/mol. The van der Waals surface area contributed by atoms with Gasteiger partial charge in [0.15, 0.2) is 11.6 Å². The number of phenols is 1. The first-order chi connectivity index (χ1) is 12.1. The molecule has 1 aliphatic rings. The molecule has 1 fully saturated rings. The van der Waals surface area contributed by atoms with Crippen LogP contribution in [0.2, 0.25) is 0 Å². The van der Waals surface area contributed by atoms with Gasteiger partial charge < -0.3 is 15.3 Å². The summed E-state index contributed by atoms with van der Waals surface area (Å²) in [5, 5.41) is 21.7. The second-order valence-electron chi connectivity index (χ2n) is 6.03. The van der Waals surface area contributed by atoms with E-state index in [1.54, 1.807) is 11.0 Å². The van der Waals surface area contributed by atoms with E-state index < -0.39 is 11.6 Å². The molecule has 0 bridgehead atoms. The summed E-state index contributed by atoms with van der Waals surface area (Å²) in [4.78, 5) is 14.1. The number of amides is 1. The Kier molecular flexibility index (Phi) is 4.85. The van der Waals surface area contributed by atoms with Crippen molar-refractivity contribution in [1.82, 2.24) is 4.90 Å². The number of aromatic hydroxyl groups is 1. The number of para-hydroxylation sites is 1. The highest BCUT2D eigenvalue weighted by Gasteiger charge is 2.24. The van der Waals surface area contributed by atoms with Crippen molar-refractivity contribution < 1.29 is 14.3 Å². The van der Waals surface area contributed by atoms with Crippen LogP contribution >= 0.6 is 0 Å². The molecule has 5 nitrogen and oxygen atoms in total. The number of nitrogens with one attached hydrogen (secondary N) is 1. The molecule has 0 aromatic heterocycles. The molecule has 3 rings (SSSR count). The van der Waals surface area contributed by atoms with Crippen molar-refractivity contribution in [2.45, 2.75) is 18.9 Å². The summed E-state index contributed by atoms with van der Waals surface area (Å²) >= 11 is 0. The van der Waals surface area contributed by atoms with Crippen LogP contribution < -0.4 is 5.32 Å². The molecular weight excluding hydrogens is 321 g/mol. The lowest BCUT2D eigenvalue weighted by atomic mass is 10.0. The third kappa shape index (κ3) is 3.72. The van der Waals surface area contributed by atoms with Crippen molar-refractivity contribution in [1.29, 1.82) is 5.26 Å². The minimum atomic E-state index is -0.796. The quantitative estimate of drug-likeness (QED) is 0.901. The second-order valence-corrected chi connectivity index (χ2v) is 6.03. The van der Waals surface area contributed by atoms with Crippen molar-refractivity contribution in [2.75, 3.05) is 18.4 Å². The number of piperidine rings is 1. The van der Waals surface area contributed by atoms with E-state index in [-0.39, 0.29) is 17.5 Å². The maximum atomic E-state index is 13.4. The first-order valence-electron chi connectivity index (χ1n) is 8.12. The fraction of sp³-hybridized carbons (Fsp3) is 0.263. The largest absolute Gasteiger partial charge is 0.505 e. The number of carbonyl (C=O) groups excluding carboxylic acids is 1. The van der Waals surface area contributed by atoms with Crippen LogP contribution in [0.3, 0.4) is 0 Å². The van der Waals surface area contributed by atoms with Gasteiger partial charge >= 0.3 is 0 Å². The molecule has 2 N–H and O–H groups in total. The number of nitriles is 1. The first kappa shape index (κ1) is 16.8. The van der Waals surface area contributed by atoms with E-state index in [9.17, 15) is 14.3 Å². The Hall–Kier alpha value is -3.07. The average molecular weight is 339 g/mol. The van der Waals surface area contributed by atoms with E-state index in [1.165, 1.54) is 12.1 Å². The van der Waals surface area contributed by atoms with Gasteiger partial charge in [-0.1, -0.05) is 12.1 Å². The SMILES string of the molecule is N#Cc1ccccc1NC1CCN(C(=O)c2ccc(O)c(F)c2)CC1. The van der Waals surface area contributed by atoms with E-state index >= 15 is 0 Å². The van der Waals surface area contributed by atoms with Gasteiger partial charge in [-0.25, -0.2) is 4.39 Å². The molecule has 0 atom stereocenters. The molecule has 0 spiro atoms. The van der Waals surface area contributed by atoms with Gasteiger partial charge in [-0.05, 0) is 43.2 Å². The zero-order chi connectivity index (χ0) is 17.8. The normalized spacial score (nSPS) is 14.8. The predicted octanol–water partition coefficient (Wildman–Crippen LogP) is 3.12. The van der Waals surface area contributed by atoms with Crippen LogP contribution in [0.5, 0.6) is 5.75 Å². The Morgan fingerprint density at radius 2 is 1.96 bits per heavy atom. The minimum absolute atomic E-state index is 0.176. The van der Waals surface area contributed by atoms with Gasteiger partial charge in [0.2, 0.25) is 0 Å². The molecule has 1 amide bonds. The molecule has 1 heterocycles. The molecule has 25 heavy (non-hydrogen) atoms. The number of phenolic OH excluding ortho intramolecular Hbond substituents is 1. The highest BCUT2D eigenvalue weighted by atomic mass is 19.1. The van der Waals surface area contributed by atoms with Crippen LogP contribution in [0.4, 0.5) is 10.1 Å². The van der Waals surface area contributed by atoms with E-state index in [2.05, 4.69) is 11.4 Å². The van der Waals surface area contributed by atoms with Crippen molar-refractivity contribution in [3.63, 3.8) is 0 Å². The maximum absolute atomic E-state index is 13.4. The van der Waals surface area contributed by atoms with Crippen LogP contribution in [-0.4, -0.2) is 35.0 Å². The lowest BCUT2D eigenvalue weighted by Gasteiger charge is -2.33. The molecular formula is C19H18FN3O2. The van der Waals surface area contributed by atoms with Crippen molar-refractivity contribution in [3.05, 3.63) is 59.4 Å². The standard InChI is InChI=1S/C19H18FN3O2/c20-16-11-13(5-6-18(16)24)19(25)23-9-7-15(8-10-23)22-17-4-2-1-3-14(17)12-21/h1-6,11,15,22,24H,7-10H2. The summed E-state index contributed by atoms with van der Waals surface area (Å²) in [6.07, 6.45) is 1.48. The van der Waals surface area contributed by atoms with Crippen LogP contribution in [0.25, 0.3) is 0 Å². The van der Waals surface area contributed by atoms with E-state index in [4.69, 9.17) is 5.26 Å². The lowest BCUT2D eigenvalue weighted by molar-refractivity contribution is 0.0718. The zero-order valence-corrected chi connectivity index (χ0v) is 13.6. The van der Waals surface area contributed by atoms with Gasteiger partial charge in [0, 0.05) is 24.7 Å². The van der Waals surface area contributed by atoms with Crippen molar-refractivity contribution >= 4 is 11.6 Å². The van der Waals surface area contributed by atoms with Crippen molar-refractivity contribution in [2.24, 2.45) is 0 Å². The topological polar surface area (TPSA) is 76.4 Å². The molecule has 1 saturated heterocycles. The van der Waals surface area contributed by atoms with Crippen molar-refractivity contribution in [3.8, 4) is 11.8 Å². The van der Waals surface area contributed by atoms with E-state index in [0.29, 0.717) is 18.7 Å². The van der Waals surface area contributed by atoms with E-state index in [1.807, 2.05) is 18.2 Å².